The predicted molar refractivity (Wildman–Crippen MR) is 106 cm³/mol. The molecular formula is C22H23OP. The first-order valence-corrected chi connectivity index (χ1v) is 9.66. The molecule has 0 bridgehead atoms. The molecule has 122 valence electrons. The first-order chi connectivity index (χ1) is 11.6. The number of benzene rings is 3. The summed E-state index contributed by atoms with van der Waals surface area (Å²) in [7, 11) is -0.779. The third-order valence-electron chi connectivity index (χ3n) is 4.26. The summed E-state index contributed by atoms with van der Waals surface area (Å²) in [5, 5.41) is 14.7. The fourth-order valence-corrected chi connectivity index (χ4v) is 5.53. The number of hydrogen-bond donors (Lipinski definition) is 1. The molecule has 0 aliphatic carbocycles. The van der Waals surface area contributed by atoms with Crippen molar-refractivity contribution in [2.24, 2.45) is 0 Å². The van der Waals surface area contributed by atoms with Crippen LogP contribution < -0.4 is 15.9 Å². The van der Waals surface area contributed by atoms with Gasteiger partial charge in [0.05, 0.1) is 0 Å². The van der Waals surface area contributed by atoms with Gasteiger partial charge in [-0.25, -0.2) is 0 Å². The summed E-state index contributed by atoms with van der Waals surface area (Å²) < 4.78 is 0. The molecule has 24 heavy (non-hydrogen) atoms. The van der Waals surface area contributed by atoms with E-state index in [1.807, 2.05) is 12.1 Å². The van der Waals surface area contributed by atoms with Crippen LogP contribution >= 0.6 is 7.92 Å². The third kappa shape index (κ3) is 3.23. The van der Waals surface area contributed by atoms with Gasteiger partial charge < -0.3 is 5.11 Å². The van der Waals surface area contributed by atoms with Crippen molar-refractivity contribution in [2.75, 3.05) is 0 Å². The molecule has 1 nitrogen and oxygen atoms in total. The second kappa shape index (κ2) is 7.20. The highest BCUT2D eigenvalue weighted by Gasteiger charge is 2.23. The number of phenols is 1. The molecule has 0 unspecified atom stereocenters. The molecule has 3 aromatic rings. The first-order valence-electron chi connectivity index (χ1n) is 8.32. The van der Waals surface area contributed by atoms with Gasteiger partial charge in [0, 0.05) is 5.30 Å². The Morgan fingerprint density at radius 2 is 1.25 bits per heavy atom. The van der Waals surface area contributed by atoms with Crippen LogP contribution in [0.25, 0.3) is 0 Å². The smallest absolute Gasteiger partial charge is 0.127 e. The van der Waals surface area contributed by atoms with E-state index in [0.29, 0.717) is 11.7 Å². The third-order valence-corrected chi connectivity index (χ3v) is 6.90. The van der Waals surface area contributed by atoms with Crippen LogP contribution in [0.1, 0.15) is 30.9 Å². The molecule has 0 aliphatic heterocycles. The van der Waals surface area contributed by atoms with Crippen molar-refractivity contribution in [3.05, 3.63) is 83.9 Å². The largest absolute Gasteiger partial charge is 0.507 e. The van der Waals surface area contributed by atoms with Gasteiger partial charge in [0.15, 0.2) is 0 Å². The molecule has 3 aromatic carbocycles. The fraction of sp³-hybridized carbons (Fsp3) is 0.182. The van der Waals surface area contributed by atoms with Crippen LogP contribution in [0.15, 0.2) is 72.8 Å². The average molecular weight is 334 g/mol. The zero-order chi connectivity index (χ0) is 17.1. The lowest BCUT2D eigenvalue weighted by molar-refractivity contribution is 0.469. The van der Waals surface area contributed by atoms with E-state index in [0.717, 1.165) is 16.4 Å². The Labute approximate surface area is 145 Å². The summed E-state index contributed by atoms with van der Waals surface area (Å²) in [6.45, 7) is 6.35. The zero-order valence-electron chi connectivity index (χ0n) is 14.4. The minimum Gasteiger partial charge on any atom is -0.507 e. The molecule has 0 saturated heterocycles. The van der Waals surface area contributed by atoms with Crippen molar-refractivity contribution >= 4 is 23.8 Å². The minimum atomic E-state index is -0.779. The lowest BCUT2D eigenvalue weighted by Crippen LogP contribution is -2.23. The number of rotatable bonds is 4. The Morgan fingerprint density at radius 3 is 1.71 bits per heavy atom. The number of phenolic OH excluding ortho intramolecular Hbond substituents is 1. The van der Waals surface area contributed by atoms with E-state index < -0.39 is 7.92 Å². The molecule has 1 N–H and O–H groups in total. The molecule has 0 aromatic heterocycles. The molecule has 0 spiro atoms. The predicted octanol–water partition coefficient (Wildman–Crippen LogP) is 4.58. The monoisotopic (exact) mass is 334 g/mol. The van der Waals surface area contributed by atoms with Crippen LogP contribution in [0.2, 0.25) is 0 Å². The van der Waals surface area contributed by atoms with Crippen molar-refractivity contribution in [3.63, 3.8) is 0 Å². The maximum Gasteiger partial charge on any atom is 0.127 e. The lowest BCUT2D eigenvalue weighted by atomic mass is 10.0. The number of hydrogen-bond acceptors (Lipinski definition) is 1. The highest BCUT2D eigenvalue weighted by atomic mass is 31.1. The summed E-state index contributed by atoms with van der Waals surface area (Å²) in [6.07, 6.45) is 0. The maximum atomic E-state index is 11.0. The highest BCUT2D eigenvalue weighted by molar-refractivity contribution is 7.80. The van der Waals surface area contributed by atoms with Gasteiger partial charge in [-0.2, -0.15) is 0 Å². The zero-order valence-corrected chi connectivity index (χ0v) is 15.3. The highest BCUT2D eigenvalue weighted by Crippen LogP contribution is 2.40. The van der Waals surface area contributed by atoms with Gasteiger partial charge in [0.25, 0.3) is 0 Å². The summed E-state index contributed by atoms with van der Waals surface area (Å²) >= 11 is 0. The van der Waals surface area contributed by atoms with Crippen molar-refractivity contribution in [1.82, 2.24) is 0 Å². The van der Waals surface area contributed by atoms with Crippen LogP contribution in [-0.2, 0) is 0 Å². The van der Waals surface area contributed by atoms with Crippen LogP contribution in [0.5, 0.6) is 5.75 Å². The van der Waals surface area contributed by atoms with E-state index in [4.69, 9.17) is 0 Å². The molecule has 0 radical (unpaired) electrons. The van der Waals surface area contributed by atoms with Crippen LogP contribution in [0, 0.1) is 6.92 Å². The fourth-order valence-electron chi connectivity index (χ4n) is 3.01. The van der Waals surface area contributed by atoms with Gasteiger partial charge in [-0.1, -0.05) is 86.6 Å². The summed E-state index contributed by atoms with van der Waals surface area (Å²) in [5.41, 5.74) is 2.17. The summed E-state index contributed by atoms with van der Waals surface area (Å²) in [4.78, 5) is 0. The normalized spacial score (nSPS) is 11.2. The molecule has 0 heterocycles. The van der Waals surface area contributed by atoms with Crippen molar-refractivity contribution in [2.45, 2.75) is 26.7 Å². The van der Waals surface area contributed by atoms with E-state index >= 15 is 0 Å². The average Bonchev–Trinajstić information content (AvgIpc) is 2.59. The Hall–Kier alpha value is -2.11. The molecule has 3 rings (SSSR count). The molecule has 0 atom stereocenters. The molecule has 0 amide bonds. The summed E-state index contributed by atoms with van der Waals surface area (Å²) in [5.74, 6) is 0.761. The molecular weight excluding hydrogens is 311 g/mol. The second-order valence-corrected chi connectivity index (χ2v) is 8.48. The maximum absolute atomic E-state index is 11.0. The molecule has 0 aliphatic rings. The Bertz CT molecular complexity index is 771. The van der Waals surface area contributed by atoms with Gasteiger partial charge in [-0.05, 0) is 42.5 Å². The van der Waals surface area contributed by atoms with E-state index in [9.17, 15) is 5.11 Å². The number of aryl methyl sites for hydroxylation is 1. The van der Waals surface area contributed by atoms with Crippen molar-refractivity contribution < 1.29 is 5.11 Å². The van der Waals surface area contributed by atoms with Gasteiger partial charge in [0.1, 0.15) is 5.75 Å². The molecule has 0 saturated carbocycles. The van der Waals surface area contributed by atoms with E-state index in [1.165, 1.54) is 10.6 Å². The standard InChI is InChI=1S/C22H23OP/c1-16(2)20-15-14-17(3)22(21(20)23)24(18-10-6-4-7-11-18)19-12-8-5-9-13-19/h4-16,23H,1-3H3. The Morgan fingerprint density at radius 1 is 0.750 bits per heavy atom. The summed E-state index contributed by atoms with van der Waals surface area (Å²) in [6, 6.07) is 25.3. The van der Waals surface area contributed by atoms with E-state index in [2.05, 4.69) is 81.4 Å². The van der Waals surface area contributed by atoms with Crippen LogP contribution in [0.4, 0.5) is 0 Å². The quantitative estimate of drug-likeness (QED) is 0.692. The van der Waals surface area contributed by atoms with Gasteiger partial charge in [-0.3, -0.25) is 0 Å². The van der Waals surface area contributed by atoms with Gasteiger partial charge in [-0.15, -0.1) is 0 Å². The molecule has 0 fully saturated rings. The Kier molecular flexibility index (Phi) is 5.02. The van der Waals surface area contributed by atoms with Gasteiger partial charge >= 0.3 is 0 Å². The van der Waals surface area contributed by atoms with E-state index in [1.54, 1.807) is 0 Å². The van der Waals surface area contributed by atoms with Gasteiger partial charge in [0.2, 0.25) is 0 Å². The van der Waals surface area contributed by atoms with Crippen molar-refractivity contribution in [1.29, 1.82) is 0 Å². The molecule has 2 heteroatoms. The van der Waals surface area contributed by atoms with E-state index in [-0.39, 0.29) is 0 Å². The lowest BCUT2D eigenvalue weighted by Gasteiger charge is -2.24. The van der Waals surface area contributed by atoms with Crippen LogP contribution in [-0.4, -0.2) is 5.11 Å². The van der Waals surface area contributed by atoms with Crippen LogP contribution in [0.3, 0.4) is 0 Å². The minimum absolute atomic E-state index is 0.299. The second-order valence-electron chi connectivity index (χ2n) is 6.33. The Balaban J connectivity index is 2.26. The SMILES string of the molecule is Cc1ccc(C(C)C)c(O)c1P(c1ccccc1)c1ccccc1. The number of aromatic hydroxyl groups is 1. The first kappa shape index (κ1) is 16.7. The topological polar surface area (TPSA) is 20.2 Å². The van der Waals surface area contributed by atoms with Crippen molar-refractivity contribution in [3.8, 4) is 5.75 Å².